The van der Waals surface area contributed by atoms with E-state index in [0.29, 0.717) is 17.2 Å². The molecule has 0 aromatic heterocycles. The van der Waals surface area contributed by atoms with E-state index < -0.39 is 6.04 Å². The molecule has 1 aromatic carbocycles. The van der Waals surface area contributed by atoms with E-state index in [4.69, 9.17) is 15.2 Å². The number of carbonyl (C=O) groups excluding carboxylic acids is 2. The van der Waals surface area contributed by atoms with Crippen molar-refractivity contribution in [3.63, 3.8) is 0 Å². The van der Waals surface area contributed by atoms with Gasteiger partial charge in [0.2, 0.25) is 11.8 Å². The van der Waals surface area contributed by atoms with Crippen LogP contribution in [0.1, 0.15) is 13.8 Å². The van der Waals surface area contributed by atoms with Crippen LogP contribution in [0.15, 0.2) is 18.2 Å². The van der Waals surface area contributed by atoms with Crippen molar-refractivity contribution >= 4 is 29.9 Å². The molecule has 7 nitrogen and oxygen atoms in total. The van der Waals surface area contributed by atoms with Gasteiger partial charge in [-0.25, -0.2) is 0 Å². The minimum atomic E-state index is -0.636. The number of anilines is 1. The number of amides is 2. The zero-order chi connectivity index (χ0) is 16.7. The summed E-state index contributed by atoms with van der Waals surface area (Å²) < 4.78 is 10.3. The van der Waals surface area contributed by atoms with Crippen LogP contribution in [0.25, 0.3) is 0 Å². The van der Waals surface area contributed by atoms with Gasteiger partial charge in [0, 0.05) is 6.07 Å². The van der Waals surface area contributed by atoms with Crippen molar-refractivity contribution in [2.45, 2.75) is 19.9 Å². The number of nitrogens with two attached hydrogens (primary N) is 1. The molecular weight excluding hydrogens is 322 g/mol. The van der Waals surface area contributed by atoms with Crippen molar-refractivity contribution in [3.05, 3.63) is 18.2 Å². The van der Waals surface area contributed by atoms with Crippen LogP contribution in [-0.2, 0) is 9.59 Å². The Hall–Kier alpha value is -1.99. The minimum Gasteiger partial charge on any atom is -0.497 e. The Morgan fingerprint density at radius 1 is 1.22 bits per heavy atom. The second-order valence-electron chi connectivity index (χ2n) is 5.10. The summed E-state index contributed by atoms with van der Waals surface area (Å²) in [5.41, 5.74) is 6.19. The quantitative estimate of drug-likeness (QED) is 0.688. The van der Waals surface area contributed by atoms with Crippen LogP contribution in [0.3, 0.4) is 0 Å². The van der Waals surface area contributed by atoms with Crippen LogP contribution in [-0.4, -0.2) is 38.6 Å². The molecule has 1 atom stereocenters. The van der Waals surface area contributed by atoms with Crippen LogP contribution in [0.2, 0.25) is 0 Å². The molecular formula is C15H24ClN3O4. The van der Waals surface area contributed by atoms with Crippen molar-refractivity contribution in [1.82, 2.24) is 5.32 Å². The highest BCUT2D eigenvalue weighted by Crippen LogP contribution is 2.28. The zero-order valence-corrected chi connectivity index (χ0v) is 14.5. The maximum Gasteiger partial charge on any atom is 0.243 e. The third-order valence-corrected chi connectivity index (χ3v) is 3.13. The lowest BCUT2D eigenvalue weighted by atomic mass is 10.1. The van der Waals surface area contributed by atoms with Crippen LogP contribution < -0.4 is 25.8 Å². The second-order valence-corrected chi connectivity index (χ2v) is 5.10. The molecule has 0 aliphatic carbocycles. The number of carbonyl (C=O) groups is 2. The molecule has 0 fully saturated rings. The first kappa shape index (κ1) is 21.0. The molecule has 0 radical (unpaired) electrons. The molecule has 0 saturated heterocycles. The van der Waals surface area contributed by atoms with Crippen LogP contribution in [0.5, 0.6) is 11.5 Å². The molecule has 1 aromatic rings. The Morgan fingerprint density at radius 2 is 1.87 bits per heavy atom. The van der Waals surface area contributed by atoms with Crippen molar-refractivity contribution in [3.8, 4) is 11.5 Å². The Balaban J connectivity index is 0.00000484. The summed E-state index contributed by atoms with van der Waals surface area (Å²) >= 11 is 0. The zero-order valence-electron chi connectivity index (χ0n) is 13.7. The highest BCUT2D eigenvalue weighted by atomic mass is 35.5. The molecule has 0 aliphatic heterocycles. The van der Waals surface area contributed by atoms with E-state index in [-0.39, 0.29) is 36.7 Å². The third kappa shape index (κ3) is 6.33. The Morgan fingerprint density at radius 3 is 2.39 bits per heavy atom. The molecule has 0 bridgehead atoms. The highest BCUT2D eigenvalue weighted by Gasteiger charge is 2.18. The SMILES string of the molecule is COc1ccc(NC(=O)CNC(=O)[C@@H](N)C(C)C)c(OC)c1.Cl. The third-order valence-electron chi connectivity index (χ3n) is 3.13. The van der Waals surface area contributed by atoms with Crippen LogP contribution in [0.4, 0.5) is 5.69 Å². The molecule has 4 N–H and O–H groups in total. The van der Waals surface area contributed by atoms with Crippen molar-refractivity contribution in [1.29, 1.82) is 0 Å². The molecule has 0 aliphatic rings. The number of nitrogens with one attached hydrogen (secondary N) is 2. The van der Waals surface area contributed by atoms with Crippen LogP contribution >= 0.6 is 12.4 Å². The Bertz CT molecular complexity index is 537. The summed E-state index contributed by atoms with van der Waals surface area (Å²) in [6.45, 7) is 3.52. The van der Waals surface area contributed by atoms with Gasteiger partial charge in [-0.2, -0.15) is 0 Å². The summed E-state index contributed by atoms with van der Waals surface area (Å²) in [6.07, 6.45) is 0. The van der Waals surface area contributed by atoms with Crippen LogP contribution in [0, 0.1) is 5.92 Å². The first-order valence-electron chi connectivity index (χ1n) is 6.94. The fourth-order valence-electron chi connectivity index (χ4n) is 1.68. The normalized spacial score (nSPS) is 11.2. The molecule has 0 unspecified atom stereocenters. The van der Waals surface area contributed by atoms with Crippen molar-refractivity contribution in [2.75, 3.05) is 26.1 Å². The maximum absolute atomic E-state index is 11.9. The second kappa shape index (κ2) is 9.91. The van der Waals surface area contributed by atoms with Gasteiger partial charge in [0.05, 0.1) is 32.5 Å². The number of rotatable bonds is 7. The largest absolute Gasteiger partial charge is 0.497 e. The fourth-order valence-corrected chi connectivity index (χ4v) is 1.68. The van der Waals surface area contributed by atoms with Gasteiger partial charge < -0.3 is 25.8 Å². The molecule has 1 rings (SSSR count). The molecule has 8 heteroatoms. The lowest BCUT2D eigenvalue weighted by Crippen LogP contribution is -2.46. The van der Waals surface area contributed by atoms with Gasteiger partial charge in [0.1, 0.15) is 11.5 Å². The standard InChI is InChI=1S/C15H23N3O4.ClH/c1-9(2)14(16)15(20)17-8-13(19)18-11-6-5-10(21-3)7-12(11)22-4;/h5-7,9,14H,8,16H2,1-4H3,(H,17,20)(H,18,19);1H/t14-;/m0./s1. The predicted octanol–water partition coefficient (Wildman–Crippen LogP) is 1.16. The van der Waals surface area contributed by atoms with Gasteiger partial charge in [-0.05, 0) is 18.1 Å². The average molecular weight is 346 g/mol. The van der Waals surface area contributed by atoms with Gasteiger partial charge in [-0.15, -0.1) is 12.4 Å². The van der Waals surface area contributed by atoms with Gasteiger partial charge in [0.25, 0.3) is 0 Å². The van der Waals surface area contributed by atoms with Gasteiger partial charge >= 0.3 is 0 Å². The van der Waals surface area contributed by atoms with Gasteiger partial charge in [-0.1, -0.05) is 13.8 Å². The van der Waals surface area contributed by atoms with E-state index >= 15 is 0 Å². The molecule has 0 saturated carbocycles. The van der Waals surface area contributed by atoms with E-state index in [9.17, 15) is 9.59 Å². The highest BCUT2D eigenvalue weighted by molar-refractivity contribution is 5.96. The first-order chi connectivity index (χ1) is 10.4. The Kier molecular flexibility index (Phi) is 9.05. The summed E-state index contributed by atoms with van der Waals surface area (Å²) in [6, 6.07) is 4.38. The van der Waals surface area contributed by atoms with Gasteiger partial charge in [-0.3, -0.25) is 9.59 Å². The predicted molar refractivity (Wildman–Crippen MR) is 91.2 cm³/mol. The van der Waals surface area contributed by atoms with E-state index in [1.165, 1.54) is 7.11 Å². The topological polar surface area (TPSA) is 103 Å². The number of halogens is 1. The minimum absolute atomic E-state index is 0. The van der Waals surface area contributed by atoms with Gasteiger partial charge in [0.15, 0.2) is 0 Å². The smallest absolute Gasteiger partial charge is 0.243 e. The Labute approximate surface area is 142 Å². The molecule has 130 valence electrons. The van der Waals surface area contributed by atoms with E-state index in [0.717, 1.165) is 0 Å². The number of ether oxygens (including phenoxy) is 2. The fraction of sp³-hybridized carbons (Fsp3) is 0.467. The summed E-state index contributed by atoms with van der Waals surface area (Å²) in [5, 5.41) is 5.16. The molecule has 23 heavy (non-hydrogen) atoms. The number of benzene rings is 1. The van der Waals surface area contributed by atoms with Crippen molar-refractivity contribution in [2.24, 2.45) is 11.7 Å². The van der Waals surface area contributed by atoms with E-state index in [2.05, 4.69) is 10.6 Å². The van der Waals surface area contributed by atoms with E-state index in [1.807, 2.05) is 13.8 Å². The lowest BCUT2D eigenvalue weighted by Gasteiger charge is -2.15. The first-order valence-corrected chi connectivity index (χ1v) is 6.94. The van der Waals surface area contributed by atoms with E-state index in [1.54, 1.807) is 25.3 Å². The summed E-state index contributed by atoms with van der Waals surface area (Å²) in [7, 11) is 3.04. The summed E-state index contributed by atoms with van der Waals surface area (Å²) in [4.78, 5) is 23.6. The average Bonchev–Trinajstić information content (AvgIpc) is 2.51. The maximum atomic E-state index is 11.9. The lowest BCUT2D eigenvalue weighted by molar-refractivity contribution is -0.125. The number of hydrogen-bond donors (Lipinski definition) is 3. The summed E-state index contributed by atoms with van der Waals surface area (Å²) in [5.74, 6) is 0.369. The monoisotopic (exact) mass is 345 g/mol. The molecule has 0 heterocycles. The number of hydrogen-bond acceptors (Lipinski definition) is 5. The van der Waals surface area contributed by atoms with Crippen molar-refractivity contribution < 1.29 is 19.1 Å². The molecule has 0 spiro atoms. The molecule has 2 amide bonds. The number of methoxy groups -OCH3 is 2.